The van der Waals surface area contributed by atoms with Gasteiger partial charge in [-0.2, -0.15) is 9.78 Å². The molecule has 146 valence electrons. The maximum atomic E-state index is 12.8. The van der Waals surface area contributed by atoms with Gasteiger partial charge in [0.05, 0.1) is 27.3 Å². The summed E-state index contributed by atoms with van der Waals surface area (Å²) in [5, 5.41) is 4.89. The highest BCUT2D eigenvalue weighted by atomic mass is 127. The van der Waals surface area contributed by atoms with Crippen LogP contribution in [0.2, 0.25) is 0 Å². The molecule has 0 amide bonds. The van der Waals surface area contributed by atoms with Crippen LogP contribution < -0.4 is 10.3 Å². The Morgan fingerprint density at radius 3 is 2.68 bits per heavy atom. The molecule has 0 aliphatic heterocycles. The largest absolute Gasteiger partial charge is 0.492 e. The first-order valence-corrected chi connectivity index (χ1v) is 10.7. The standard InChI is InChI=1S/C21H21BrIN3O2/c1-13-25-18-7-6-15(22)10-16(18)20(27)26(13)24-11-14-5-8-19(17(23)9-14)28-12-21(2,3)4/h5-11H,12H2,1-4H3. The molecular weight excluding hydrogens is 533 g/mol. The van der Waals surface area contributed by atoms with Crippen molar-refractivity contribution in [2.75, 3.05) is 6.61 Å². The fraction of sp³-hybridized carbons (Fsp3) is 0.286. The van der Waals surface area contributed by atoms with E-state index in [-0.39, 0.29) is 11.0 Å². The van der Waals surface area contributed by atoms with Crippen molar-refractivity contribution in [2.45, 2.75) is 27.7 Å². The number of ether oxygens (including phenoxy) is 1. The minimum atomic E-state index is -0.195. The normalized spacial score (nSPS) is 12.1. The second-order valence-electron chi connectivity index (χ2n) is 7.72. The molecule has 5 nitrogen and oxygen atoms in total. The van der Waals surface area contributed by atoms with E-state index in [9.17, 15) is 4.79 Å². The molecule has 0 N–H and O–H groups in total. The number of hydrogen-bond donors (Lipinski definition) is 0. The van der Waals surface area contributed by atoms with Crippen LogP contribution in [-0.4, -0.2) is 22.5 Å². The molecule has 1 heterocycles. The number of halogens is 2. The predicted molar refractivity (Wildman–Crippen MR) is 126 cm³/mol. The molecule has 7 heteroatoms. The van der Waals surface area contributed by atoms with Crippen molar-refractivity contribution < 1.29 is 4.74 Å². The average Bonchev–Trinajstić information content (AvgIpc) is 2.61. The lowest BCUT2D eigenvalue weighted by Crippen LogP contribution is -2.20. The Balaban J connectivity index is 1.90. The highest BCUT2D eigenvalue weighted by molar-refractivity contribution is 14.1. The van der Waals surface area contributed by atoms with Crippen molar-refractivity contribution in [3.05, 3.63) is 66.2 Å². The highest BCUT2D eigenvalue weighted by Gasteiger charge is 2.12. The molecule has 0 saturated carbocycles. The number of nitrogens with zero attached hydrogens (tertiary/aromatic N) is 3. The summed E-state index contributed by atoms with van der Waals surface area (Å²) < 4.78 is 9.05. The van der Waals surface area contributed by atoms with Crippen LogP contribution in [0.15, 0.2) is 50.8 Å². The minimum absolute atomic E-state index is 0.0972. The lowest BCUT2D eigenvalue weighted by atomic mass is 9.99. The average molecular weight is 554 g/mol. The monoisotopic (exact) mass is 553 g/mol. The van der Waals surface area contributed by atoms with Crippen molar-refractivity contribution >= 4 is 55.6 Å². The number of rotatable bonds is 4. The number of hydrogen-bond acceptors (Lipinski definition) is 4. The van der Waals surface area contributed by atoms with E-state index in [1.807, 2.05) is 30.3 Å². The Morgan fingerprint density at radius 2 is 2.00 bits per heavy atom. The molecule has 0 aliphatic carbocycles. The second kappa shape index (κ2) is 8.32. The summed E-state index contributed by atoms with van der Waals surface area (Å²) in [6.45, 7) is 8.82. The second-order valence-corrected chi connectivity index (χ2v) is 9.80. The Labute approximate surface area is 186 Å². The number of aromatic nitrogens is 2. The van der Waals surface area contributed by atoms with E-state index < -0.39 is 0 Å². The molecule has 0 aliphatic rings. The van der Waals surface area contributed by atoms with Crippen LogP contribution in [-0.2, 0) is 0 Å². The zero-order valence-corrected chi connectivity index (χ0v) is 19.9. The molecule has 0 unspecified atom stereocenters. The van der Waals surface area contributed by atoms with Crippen LogP contribution in [0.4, 0.5) is 0 Å². The molecule has 0 radical (unpaired) electrons. The summed E-state index contributed by atoms with van der Waals surface area (Å²) >= 11 is 5.65. The lowest BCUT2D eigenvalue weighted by molar-refractivity contribution is 0.196. The van der Waals surface area contributed by atoms with Crippen LogP contribution in [0, 0.1) is 15.9 Å². The van der Waals surface area contributed by atoms with Crippen LogP contribution in [0.5, 0.6) is 5.75 Å². The topological polar surface area (TPSA) is 56.5 Å². The van der Waals surface area contributed by atoms with Crippen LogP contribution in [0.25, 0.3) is 10.9 Å². The molecule has 3 aromatic rings. The molecule has 0 fully saturated rings. The molecule has 1 aromatic heterocycles. The first-order chi connectivity index (χ1) is 13.1. The Bertz CT molecular complexity index is 1120. The van der Waals surface area contributed by atoms with Crippen molar-refractivity contribution in [3.63, 3.8) is 0 Å². The van der Waals surface area contributed by atoms with Crippen LogP contribution >= 0.6 is 38.5 Å². The van der Waals surface area contributed by atoms with Gasteiger partial charge >= 0.3 is 0 Å². The van der Waals surface area contributed by atoms with Gasteiger partial charge in [-0.3, -0.25) is 4.79 Å². The van der Waals surface area contributed by atoms with Crippen molar-refractivity contribution in [1.82, 2.24) is 9.66 Å². The third-order valence-electron chi connectivity index (χ3n) is 3.91. The highest BCUT2D eigenvalue weighted by Crippen LogP contribution is 2.24. The molecular formula is C21H21BrIN3O2. The van der Waals surface area contributed by atoms with Crippen LogP contribution in [0.3, 0.4) is 0 Å². The quantitative estimate of drug-likeness (QED) is 0.322. The molecule has 3 rings (SSSR count). The van der Waals surface area contributed by atoms with Gasteiger partial charge < -0.3 is 4.74 Å². The molecule has 28 heavy (non-hydrogen) atoms. The third kappa shape index (κ3) is 5.00. The van der Waals surface area contributed by atoms with E-state index in [0.717, 1.165) is 19.4 Å². The van der Waals surface area contributed by atoms with Gasteiger partial charge in [0, 0.05) is 4.47 Å². The maximum Gasteiger partial charge on any atom is 0.282 e. The Morgan fingerprint density at radius 1 is 1.25 bits per heavy atom. The van der Waals surface area contributed by atoms with Crippen molar-refractivity contribution in [2.24, 2.45) is 10.5 Å². The summed E-state index contributed by atoms with van der Waals surface area (Å²) in [7, 11) is 0. The lowest BCUT2D eigenvalue weighted by Gasteiger charge is -2.19. The maximum absolute atomic E-state index is 12.8. The van der Waals surface area contributed by atoms with Gasteiger partial charge in [0.1, 0.15) is 11.6 Å². The summed E-state index contributed by atoms with van der Waals surface area (Å²) in [4.78, 5) is 17.3. The predicted octanol–water partition coefficient (Wildman–Crippen LogP) is 5.38. The zero-order chi connectivity index (χ0) is 20.5. The van der Waals surface area contributed by atoms with E-state index in [1.165, 1.54) is 4.68 Å². The Kier molecular flexibility index (Phi) is 6.24. The van der Waals surface area contributed by atoms with E-state index in [4.69, 9.17) is 4.74 Å². The molecule has 0 atom stereocenters. The van der Waals surface area contributed by atoms with Gasteiger partial charge in [0.15, 0.2) is 0 Å². The van der Waals surface area contributed by atoms with Gasteiger partial charge in [-0.05, 0) is 76.9 Å². The summed E-state index contributed by atoms with van der Waals surface area (Å²) in [5.41, 5.74) is 1.44. The fourth-order valence-electron chi connectivity index (χ4n) is 2.53. The molecule has 2 aromatic carbocycles. The smallest absolute Gasteiger partial charge is 0.282 e. The number of aryl methyl sites for hydroxylation is 1. The summed E-state index contributed by atoms with van der Waals surface area (Å²) in [6, 6.07) is 11.3. The summed E-state index contributed by atoms with van der Waals surface area (Å²) in [5.74, 6) is 1.38. The van der Waals surface area contributed by atoms with Gasteiger partial charge in [-0.25, -0.2) is 4.98 Å². The van der Waals surface area contributed by atoms with Gasteiger partial charge in [0.2, 0.25) is 0 Å². The fourth-order valence-corrected chi connectivity index (χ4v) is 3.59. The van der Waals surface area contributed by atoms with Crippen molar-refractivity contribution in [1.29, 1.82) is 0 Å². The Hall–Kier alpha value is -1.74. The van der Waals surface area contributed by atoms with E-state index in [0.29, 0.717) is 23.3 Å². The summed E-state index contributed by atoms with van der Waals surface area (Å²) in [6.07, 6.45) is 1.66. The van der Waals surface area contributed by atoms with Gasteiger partial charge in [0.25, 0.3) is 5.56 Å². The SMILES string of the molecule is Cc1nc2ccc(Br)cc2c(=O)n1N=Cc1ccc(OCC(C)(C)C)c(I)c1. The molecule has 0 saturated heterocycles. The van der Waals surface area contributed by atoms with E-state index in [1.54, 1.807) is 19.2 Å². The first kappa shape index (κ1) is 21.0. The van der Waals surface area contributed by atoms with Crippen molar-refractivity contribution in [3.8, 4) is 5.75 Å². The minimum Gasteiger partial charge on any atom is -0.492 e. The number of fused-ring (bicyclic) bond motifs is 1. The van der Waals surface area contributed by atoms with E-state index in [2.05, 4.69) is 69.4 Å². The van der Waals surface area contributed by atoms with Gasteiger partial charge in [-0.1, -0.05) is 36.7 Å². The third-order valence-corrected chi connectivity index (χ3v) is 5.25. The first-order valence-electron chi connectivity index (χ1n) is 8.80. The molecule has 0 bridgehead atoms. The van der Waals surface area contributed by atoms with Crippen LogP contribution in [0.1, 0.15) is 32.2 Å². The zero-order valence-electron chi connectivity index (χ0n) is 16.2. The number of benzene rings is 2. The van der Waals surface area contributed by atoms with E-state index >= 15 is 0 Å². The van der Waals surface area contributed by atoms with Gasteiger partial charge in [-0.15, -0.1) is 0 Å². The molecule has 0 spiro atoms.